The molecule has 1 saturated heterocycles. The van der Waals surface area contributed by atoms with Crippen molar-refractivity contribution >= 4 is 45.2 Å². The van der Waals surface area contributed by atoms with Gasteiger partial charge >= 0.3 is 0 Å². The van der Waals surface area contributed by atoms with Gasteiger partial charge in [0.1, 0.15) is 22.7 Å². The number of phenols is 1. The van der Waals surface area contributed by atoms with Crippen molar-refractivity contribution in [3.63, 3.8) is 0 Å². The van der Waals surface area contributed by atoms with E-state index in [4.69, 9.17) is 16.3 Å². The normalized spacial score (nSPS) is 20.3. The first-order valence-corrected chi connectivity index (χ1v) is 14.9. The molecular weight excluding hydrogens is 596 g/mol. The van der Waals surface area contributed by atoms with Crippen LogP contribution in [0.5, 0.6) is 5.75 Å². The number of carbonyl (C=O) groups excluding carboxylic acids is 2. The number of aromatic hydroxyl groups is 1. The lowest BCUT2D eigenvalue weighted by molar-refractivity contribution is -0.0734. The second kappa shape index (κ2) is 9.98. The predicted octanol–water partition coefficient (Wildman–Crippen LogP) is 3.94. The van der Waals surface area contributed by atoms with Crippen molar-refractivity contribution in [3.05, 3.63) is 101 Å². The van der Waals surface area contributed by atoms with E-state index in [0.29, 0.717) is 42.6 Å². The number of nitrogens with zero attached hydrogens (tertiary/aromatic N) is 4. The van der Waals surface area contributed by atoms with Crippen LogP contribution in [0.15, 0.2) is 73.3 Å². The van der Waals surface area contributed by atoms with Gasteiger partial charge in [-0.05, 0) is 55.0 Å². The van der Waals surface area contributed by atoms with Crippen LogP contribution in [0.4, 0.5) is 0 Å². The Morgan fingerprint density at radius 1 is 0.956 bits per heavy atom. The SMILES string of the molecule is Cn1cc(C2(NC(=O)c3cc4cc(O)ccc4[nH]3)CC2Cn2cc(C3(NC(=O)c4cc5cc(Cl)ccc5[nH]4)COC3)cn2)cn1. The molecule has 5 heterocycles. The van der Waals surface area contributed by atoms with Crippen molar-refractivity contribution in [2.45, 2.75) is 24.0 Å². The third-order valence-corrected chi connectivity index (χ3v) is 9.22. The van der Waals surface area contributed by atoms with Gasteiger partial charge in [-0.15, -0.1) is 0 Å². The fraction of sp³-hybridized carbons (Fsp3) is 0.250. The smallest absolute Gasteiger partial charge is 0.268 e. The second-order valence-electron chi connectivity index (χ2n) is 12.1. The highest BCUT2D eigenvalue weighted by Gasteiger charge is 2.57. The first-order valence-electron chi connectivity index (χ1n) is 14.5. The van der Waals surface area contributed by atoms with Gasteiger partial charge in [-0.2, -0.15) is 10.2 Å². The topological polar surface area (TPSA) is 155 Å². The molecule has 5 N–H and O–H groups in total. The Morgan fingerprint density at radius 2 is 1.64 bits per heavy atom. The number of aromatic amines is 2. The van der Waals surface area contributed by atoms with Crippen LogP contribution in [0.25, 0.3) is 21.8 Å². The molecule has 228 valence electrons. The zero-order valence-electron chi connectivity index (χ0n) is 24.2. The summed E-state index contributed by atoms with van der Waals surface area (Å²) in [6, 6.07) is 13.9. The molecule has 4 aromatic heterocycles. The molecule has 2 aliphatic rings. The molecule has 6 aromatic rings. The minimum atomic E-state index is -0.702. The Bertz CT molecular complexity index is 2120. The average molecular weight is 625 g/mol. The van der Waals surface area contributed by atoms with Crippen molar-refractivity contribution in [1.82, 2.24) is 40.2 Å². The summed E-state index contributed by atoms with van der Waals surface area (Å²) in [6.07, 6.45) is 8.11. The number of phenolic OH excluding ortho intramolecular Hbond substituents is 1. The molecule has 1 aliphatic carbocycles. The lowest BCUT2D eigenvalue weighted by Crippen LogP contribution is -2.59. The molecule has 8 rings (SSSR count). The maximum atomic E-state index is 13.5. The van der Waals surface area contributed by atoms with Crippen LogP contribution in [-0.2, 0) is 29.4 Å². The maximum Gasteiger partial charge on any atom is 0.268 e. The number of carbonyl (C=O) groups is 2. The third kappa shape index (κ3) is 4.73. The van der Waals surface area contributed by atoms with Crippen LogP contribution in [0, 0.1) is 5.92 Å². The fourth-order valence-corrected chi connectivity index (χ4v) is 6.54. The van der Waals surface area contributed by atoms with E-state index in [1.165, 1.54) is 0 Å². The van der Waals surface area contributed by atoms with E-state index >= 15 is 0 Å². The summed E-state index contributed by atoms with van der Waals surface area (Å²) in [4.78, 5) is 33.1. The van der Waals surface area contributed by atoms with Crippen molar-refractivity contribution in [3.8, 4) is 5.75 Å². The molecule has 2 fully saturated rings. The lowest BCUT2D eigenvalue weighted by atomic mass is 9.90. The number of ether oxygens (including phenoxy) is 1. The number of fused-ring (bicyclic) bond motifs is 2. The van der Waals surface area contributed by atoms with Gasteiger partial charge < -0.3 is 30.4 Å². The van der Waals surface area contributed by atoms with E-state index in [2.05, 4.69) is 30.8 Å². The highest BCUT2D eigenvalue weighted by molar-refractivity contribution is 6.31. The van der Waals surface area contributed by atoms with Gasteiger partial charge in [0.25, 0.3) is 11.8 Å². The highest BCUT2D eigenvalue weighted by atomic mass is 35.5. The number of hydrogen-bond acceptors (Lipinski definition) is 6. The van der Waals surface area contributed by atoms with Crippen LogP contribution in [0.2, 0.25) is 5.02 Å². The van der Waals surface area contributed by atoms with E-state index in [0.717, 1.165) is 32.9 Å². The molecule has 1 aliphatic heterocycles. The molecule has 2 atom stereocenters. The summed E-state index contributed by atoms with van der Waals surface area (Å²) < 4.78 is 9.14. The van der Waals surface area contributed by atoms with E-state index in [1.807, 2.05) is 36.3 Å². The molecule has 0 spiro atoms. The molecule has 2 aromatic carbocycles. The Labute approximate surface area is 261 Å². The van der Waals surface area contributed by atoms with Gasteiger partial charge in [0.2, 0.25) is 0 Å². The van der Waals surface area contributed by atoms with Gasteiger partial charge in [0.15, 0.2) is 0 Å². The van der Waals surface area contributed by atoms with Crippen LogP contribution >= 0.6 is 11.6 Å². The van der Waals surface area contributed by atoms with Gasteiger partial charge in [-0.1, -0.05) is 11.6 Å². The van der Waals surface area contributed by atoms with Crippen LogP contribution < -0.4 is 10.6 Å². The zero-order valence-corrected chi connectivity index (χ0v) is 24.9. The van der Waals surface area contributed by atoms with Crippen LogP contribution in [0.3, 0.4) is 0 Å². The number of nitrogens with one attached hydrogen (secondary N) is 4. The Balaban J connectivity index is 1.01. The lowest BCUT2D eigenvalue weighted by Gasteiger charge is -2.41. The first kappa shape index (κ1) is 27.5. The predicted molar refractivity (Wildman–Crippen MR) is 166 cm³/mol. The molecule has 13 heteroatoms. The summed E-state index contributed by atoms with van der Waals surface area (Å²) in [5.74, 6) is -0.302. The summed E-state index contributed by atoms with van der Waals surface area (Å²) in [7, 11) is 1.85. The molecule has 12 nitrogen and oxygen atoms in total. The van der Waals surface area contributed by atoms with Gasteiger partial charge in [0, 0.05) is 69.9 Å². The summed E-state index contributed by atoms with van der Waals surface area (Å²) in [5, 5.41) is 27.5. The second-order valence-corrected chi connectivity index (χ2v) is 12.5. The number of amides is 2. The first-order chi connectivity index (χ1) is 21.7. The third-order valence-electron chi connectivity index (χ3n) is 8.98. The van der Waals surface area contributed by atoms with Crippen molar-refractivity contribution in [2.24, 2.45) is 13.0 Å². The fourth-order valence-electron chi connectivity index (χ4n) is 6.36. The largest absolute Gasteiger partial charge is 0.508 e. The van der Waals surface area contributed by atoms with Gasteiger partial charge in [0.05, 0.1) is 31.1 Å². The summed E-state index contributed by atoms with van der Waals surface area (Å²) in [6.45, 7) is 1.21. The van der Waals surface area contributed by atoms with Crippen LogP contribution in [0.1, 0.15) is 38.5 Å². The summed E-state index contributed by atoms with van der Waals surface area (Å²) in [5.41, 5.74) is 2.88. The van der Waals surface area contributed by atoms with Gasteiger partial charge in [-0.3, -0.25) is 19.0 Å². The van der Waals surface area contributed by atoms with Crippen molar-refractivity contribution in [2.75, 3.05) is 13.2 Å². The standard InChI is InChI=1S/C32H29ClN8O4/c1-40-13-22(12-34-40)32(39-30(44)28-9-19-7-24(42)3-5-26(19)37-28)10-20(32)14-41-15-21(11-35-41)31(16-45-17-31)38-29(43)27-8-18-6-23(33)2-4-25(18)36-27/h2-9,11-13,15,20,36-37,42H,10,14,16-17H2,1H3,(H,38,43)(H,39,44). The molecule has 0 bridgehead atoms. The molecule has 1 saturated carbocycles. The zero-order chi connectivity index (χ0) is 30.9. The number of rotatable bonds is 8. The quantitative estimate of drug-likeness (QED) is 0.173. The molecule has 2 unspecified atom stereocenters. The highest BCUT2D eigenvalue weighted by Crippen LogP contribution is 2.53. The Hall–Kier alpha value is -5.07. The number of hydrogen-bond donors (Lipinski definition) is 5. The molecular formula is C32H29ClN8O4. The minimum absolute atomic E-state index is 0.0492. The number of aromatic nitrogens is 6. The van der Waals surface area contributed by atoms with Crippen LogP contribution in [-0.4, -0.2) is 59.7 Å². The number of H-pyrrole nitrogens is 2. The minimum Gasteiger partial charge on any atom is -0.508 e. The maximum absolute atomic E-state index is 13.5. The Kier molecular flexibility index (Phi) is 6.09. The monoisotopic (exact) mass is 624 g/mol. The van der Waals surface area contributed by atoms with Crippen molar-refractivity contribution in [1.29, 1.82) is 0 Å². The number of halogens is 1. The van der Waals surface area contributed by atoms with E-state index < -0.39 is 11.1 Å². The number of aryl methyl sites for hydroxylation is 1. The average Bonchev–Trinajstić information content (AvgIpc) is 3.56. The molecule has 0 radical (unpaired) electrons. The molecule has 45 heavy (non-hydrogen) atoms. The van der Waals surface area contributed by atoms with Crippen molar-refractivity contribution < 1.29 is 19.4 Å². The van der Waals surface area contributed by atoms with E-state index in [1.54, 1.807) is 53.5 Å². The Morgan fingerprint density at radius 3 is 2.33 bits per heavy atom. The number of benzene rings is 2. The van der Waals surface area contributed by atoms with E-state index in [-0.39, 0.29) is 23.5 Å². The van der Waals surface area contributed by atoms with Gasteiger partial charge in [-0.25, -0.2) is 0 Å². The van der Waals surface area contributed by atoms with E-state index in [9.17, 15) is 14.7 Å². The summed E-state index contributed by atoms with van der Waals surface area (Å²) >= 11 is 6.12. The molecule has 2 amide bonds.